The quantitative estimate of drug-likeness (QED) is 0.885. The third kappa shape index (κ3) is 4.15. The molecule has 2 aromatic carbocycles. The van der Waals surface area contributed by atoms with Crippen LogP contribution in [-0.4, -0.2) is 13.7 Å². The summed E-state index contributed by atoms with van der Waals surface area (Å²) in [5.74, 6) is 1.48. The van der Waals surface area contributed by atoms with Crippen molar-refractivity contribution in [2.24, 2.45) is 5.73 Å². The first-order valence-electron chi connectivity index (χ1n) is 6.40. The molecule has 20 heavy (non-hydrogen) atoms. The Labute approximate surface area is 126 Å². The van der Waals surface area contributed by atoms with Crippen molar-refractivity contribution < 1.29 is 9.47 Å². The van der Waals surface area contributed by atoms with Crippen molar-refractivity contribution in [3.63, 3.8) is 0 Å². The van der Waals surface area contributed by atoms with Crippen molar-refractivity contribution in [2.45, 2.75) is 12.5 Å². The molecule has 0 aliphatic carbocycles. The van der Waals surface area contributed by atoms with Gasteiger partial charge in [0.15, 0.2) is 11.5 Å². The van der Waals surface area contributed by atoms with E-state index in [4.69, 9.17) is 15.2 Å². The Morgan fingerprint density at radius 1 is 0.950 bits per heavy atom. The lowest BCUT2D eigenvalue weighted by molar-refractivity contribution is 0.189. The number of halogens is 1. The number of rotatable bonds is 6. The number of hydrogen-bond donors (Lipinski definition) is 1. The Morgan fingerprint density at radius 3 is 2.15 bits per heavy atom. The van der Waals surface area contributed by atoms with Crippen LogP contribution in [0, 0.1) is 0 Å². The van der Waals surface area contributed by atoms with E-state index >= 15 is 0 Å². The molecule has 0 aromatic heterocycles. The summed E-state index contributed by atoms with van der Waals surface area (Å²) in [7, 11) is 1.64. The molecule has 4 heteroatoms. The Morgan fingerprint density at radius 2 is 1.55 bits per heavy atom. The fourth-order valence-corrected chi connectivity index (χ4v) is 1.98. The first-order chi connectivity index (χ1) is 9.35. The highest BCUT2D eigenvalue weighted by Gasteiger charge is 2.14. The lowest BCUT2D eigenvalue weighted by atomic mass is 10.1. The lowest BCUT2D eigenvalue weighted by Crippen LogP contribution is -2.13. The Hall–Kier alpha value is -1.71. The topological polar surface area (TPSA) is 44.5 Å². The van der Waals surface area contributed by atoms with E-state index in [0.717, 1.165) is 23.5 Å². The summed E-state index contributed by atoms with van der Waals surface area (Å²) >= 11 is 0. The van der Waals surface area contributed by atoms with Crippen LogP contribution in [0.3, 0.4) is 0 Å². The molecule has 0 bridgehead atoms. The number of para-hydroxylation sites is 2. The zero-order valence-corrected chi connectivity index (χ0v) is 12.3. The van der Waals surface area contributed by atoms with Gasteiger partial charge in [0, 0.05) is 6.42 Å². The van der Waals surface area contributed by atoms with Crippen LogP contribution < -0.4 is 15.2 Å². The van der Waals surface area contributed by atoms with E-state index in [1.54, 1.807) is 7.11 Å². The van der Waals surface area contributed by atoms with Crippen molar-refractivity contribution in [2.75, 3.05) is 13.7 Å². The zero-order chi connectivity index (χ0) is 13.5. The predicted octanol–water partition coefficient (Wildman–Crippen LogP) is 3.59. The summed E-state index contributed by atoms with van der Waals surface area (Å²) in [4.78, 5) is 0. The van der Waals surface area contributed by atoms with E-state index in [0.29, 0.717) is 6.54 Å². The zero-order valence-electron chi connectivity index (χ0n) is 11.5. The van der Waals surface area contributed by atoms with Crippen molar-refractivity contribution in [1.29, 1.82) is 0 Å². The molecule has 108 valence electrons. The van der Waals surface area contributed by atoms with Gasteiger partial charge in [-0.25, -0.2) is 0 Å². The van der Waals surface area contributed by atoms with Crippen LogP contribution in [0.2, 0.25) is 0 Å². The molecular formula is C16H20ClNO2. The van der Waals surface area contributed by atoms with E-state index in [2.05, 4.69) is 12.1 Å². The highest BCUT2D eigenvalue weighted by atomic mass is 35.5. The summed E-state index contributed by atoms with van der Waals surface area (Å²) in [5.41, 5.74) is 6.80. The van der Waals surface area contributed by atoms with Crippen LogP contribution in [0.4, 0.5) is 0 Å². The molecule has 2 N–H and O–H groups in total. The second kappa shape index (κ2) is 8.46. The number of benzene rings is 2. The summed E-state index contributed by atoms with van der Waals surface area (Å²) in [6.45, 7) is 0.578. The maximum Gasteiger partial charge on any atom is 0.162 e. The molecule has 1 unspecified atom stereocenters. The molecule has 0 spiro atoms. The molecule has 1 atom stereocenters. The van der Waals surface area contributed by atoms with Gasteiger partial charge in [-0.1, -0.05) is 42.5 Å². The van der Waals surface area contributed by atoms with Gasteiger partial charge in [-0.3, -0.25) is 0 Å². The Kier molecular flexibility index (Phi) is 6.91. The minimum atomic E-state index is -0.0532. The van der Waals surface area contributed by atoms with Gasteiger partial charge in [0.05, 0.1) is 7.11 Å². The van der Waals surface area contributed by atoms with Crippen molar-refractivity contribution in [3.05, 3.63) is 60.2 Å². The molecule has 2 aromatic rings. The predicted molar refractivity (Wildman–Crippen MR) is 83.7 cm³/mol. The van der Waals surface area contributed by atoms with E-state index in [1.807, 2.05) is 42.5 Å². The summed E-state index contributed by atoms with van der Waals surface area (Å²) in [6.07, 6.45) is 0.713. The standard InChI is InChI=1S/C16H19NO2.ClH/c1-18-15-9-5-6-10-16(15)19-14(11-12-17)13-7-3-2-4-8-13;/h2-10,14H,11-12,17H2,1H3;1H. The van der Waals surface area contributed by atoms with E-state index in [9.17, 15) is 0 Å². The first-order valence-corrected chi connectivity index (χ1v) is 6.40. The van der Waals surface area contributed by atoms with Crippen LogP contribution >= 0.6 is 12.4 Å². The fourth-order valence-electron chi connectivity index (χ4n) is 1.98. The highest BCUT2D eigenvalue weighted by Crippen LogP contribution is 2.31. The van der Waals surface area contributed by atoms with Gasteiger partial charge in [0.2, 0.25) is 0 Å². The largest absolute Gasteiger partial charge is 0.493 e. The third-order valence-corrected chi connectivity index (χ3v) is 2.94. The Bertz CT molecular complexity index is 505. The SMILES string of the molecule is COc1ccccc1OC(CCN)c1ccccc1.Cl. The van der Waals surface area contributed by atoms with Crippen LogP contribution in [0.1, 0.15) is 18.1 Å². The van der Waals surface area contributed by atoms with E-state index in [-0.39, 0.29) is 18.5 Å². The van der Waals surface area contributed by atoms with Gasteiger partial charge in [0.25, 0.3) is 0 Å². The molecule has 0 amide bonds. The summed E-state index contributed by atoms with van der Waals surface area (Å²) in [5, 5.41) is 0. The van der Waals surface area contributed by atoms with Gasteiger partial charge < -0.3 is 15.2 Å². The van der Waals surface area contributed by atoms with Crippen LogP contribution in [0.15, 0.2) is 54.6 Å². The number of methoxy groups -OCH3 is 1. The molecule has 0 aliphatic rings. The van der Waals surface area contributed by atoms with Crippen LogP contribution in [-0.2, 0) is 0 Å². The van der Waals surface area contributed by atoms with Crippen LogP contribution in [0.25, 0.3) is 0 Å². The van der Waals surface area contributed by atoms with Gasteiger partial charge in [-0.2, -0.15) is 0 Å². The normalized spacial score (nSPS) is 11.3. The van der Waals surface area contributed by atoms with E-state index < -0.39 is 0 Å². The van der Waals surface area contributed by atoms with Gasteiger partial charge in [0.1, 0.15) is 6.10 Å². The van der Waals surface area contributed by atoms with Crippen LogP contribution in [0.5, 0.6) is 11.5 Å². The fraction of sp³-hybridized carbons (Fsp3) is 0.250. The molecule has 0 aliphatic heterocycles. The molecule has 0 saturated heterocycles. The van der Waals surface area contributed by atoms with Crippen molar-refractivity contribution in [1.82, 2.24) is 0 Å². The maximum absolute atomic E-state index is 6.06. The second-order valence-electron chi connectivity index (χ2n) is 4.25. The number of hydrogen-bond acceptors (Lipinski definition) is 3. The first kappa shape index (κ1) is 16.3. The molecule has 0 fully saturated rings. The molecule has 3 nitrogen and oxygen atoms in total. The summed E-state index contributed by atoms with van der Waals surface area (Å²) < 4.78 is 11.4. The lowest BCUT2D eigenvalue weighted by Gasteiger charge is -2.20. The van der Waals surface area contributed by atoms with Gasteiger partial charge in [-0.15, -0.1) is 12.4 Å². The molecular weight excluding hydrogens is 274 g/mol. The highest BCUT2D eigenvalue weighted by molar-refractivity contribution is 5.85. The van der Waals surface area contributed by atoms with Crippen molar-refractivity contribution >= 4 is 12.4 Å². The molecule has 0 heterocycles. The number of ether oxygens (including phenoxy) is 2. The smallest absolute Gasteiger partial charge is 0.162 e. The van der Waals surface area contributed by atoms with Crippen molar-refractivity contribution in [3.8, 4) is 11.5 Å². The van der Waals surface area contributed by atoms with E-state index in [1.165, 1.54) is 0 Å². The minimum absolute atomic E-state index is 0. The summed E-state index contributed by atoms with van der Waals surface area (Å²) in [6, 6.07) is 17.8. The second-order valence-corrected chi connectivity index (χ2v) is 4.25. The average molecular weight is 294 g/mol. The average Bonchev–Trinajstić information content (AvgIpc) is 2.48. The molecule has 0 radical (unpaired) electrons. The third-order valence-electron chi connectivity index (χ3n) is 2.94. The van der Waals surface area contributed by atoms with Gasteiger partial charge in [-0.05, 0) is 24.2 Å². The monoisotopic (exact) mass is 293 g/mol. The Balaban J connectivity index is 0.00000200. The minimum Gasteiger partial charge on any atom is -0.493 e. The maximum atomic E-state index is 6.06. The molecule has 0 saturated carbocycles. The van der Waals surface area contributed by atoms with Gasteiger partial charge >= 0.3 is 0 Å². The molecule has 2 rings (SSSR count). The number of nitrogens with two attached hydrogens (primary N) is 1.